The molecule has 1 N–H and O–H groups in total. The molecule has 1 amide bonds. The standard InChI is InChI=1S/C28H34N2O7/c1-4-15-37-22-10-7-20(18-23(22)35-3)25-24(26(31)19-5-8-21(34-2)9-6-19)27(32)28(33)30(25)12-11-29-13-16-36-17-14-29/h5-10,18,25,31H,4,11-17H2,1-3H3/b26-24+/t25-/m0/s1. The van der Waals surface area contributed by atoms with Crippen molar-refractivity contribution in [2.24, 2.45) is 0 Å². The van der Waals surface area contributed by atoms with Crippen molar-refractivity contribution in [3.8, 4) is 17.2 Å². The van der Waals surface area contributed by atoms with Gasteiger partial charge >= 0.3 is 0 Å². The number of hydrogen-bond donors (Lipinski definition) is 1. The maximum atomic E-state index is 13.3. The van der Waals surface area contributed by atoms with Gasteiger partial charge in [-0.2, -0.15) is 0 Å². The van der Waals surface area contributed by atoms with E-state index in [4.69, 9.17) is 18.9 Å². The van der Waals surface area contributed by atoms with Gasteiger partial charge in [0.2, 0.25) is 0 Å². The van der Waals surface area contributed by atoms with Gasteiger partial charge in [0, 0.05) is 31.7 Å². The summed E-state index contributed by atoms with van der Waals surface area (Å²) in [5, 5.41) is 11.3. The maximum Gasteiger partial charge on any atom is 0.295 e. The fourth-order valence-corrected chi connectivity index (χ4v) is 4.62. The Morgan fingerprint density at radius 2 is 1.73 bits per heavy atom. The second-order valence-corrected chi connectivity index (χ2v) is 8.93. The molecule has 4 rings (SSSR count). The summed E-state index contributed by atoms with van der Waals surface area (Å²) >= 11 is 0. The molecule has 0 radical (unpaired) electrons. The molecule has 2 fully saturated rings. The molecule has 0 spiro atoms. The number of Topliss-reactive ketones (excluding diaryl/α,β-unsaturated/α-hetero) is 1. The van der Waals surface area contributed by atoms with Gasteiger partial charge in [-0.25, -0.2) is 0 Å². The average molecular weight is 511 g/mol. The predicted octanol–water partition coefficient (Wildman–Crippen LogP) is 3.25. The van der Waals surface area contributed by atoms with Crippen molar-refractivity contribution in [1.82, 2.24) is 9.80 Å². The van der Waals surface area contributed by atoms with Crippen LogP contribution in [0.5, 0.6) is 17.2 Å². The Kier molecular flexibility index (Phi) is 8.68. The molecule has 0 aliphatic carbocycles. The summed E-state index contributed by atoms with van der Waals surface area (Å²) in [7, 11) is 3.10. The van der Waals surface area contributed by atoms with Crippen LogP contribution in [0.3, 0.4) is 0 Å². The van der Waals surface area contributed by atoms with E-state index in [1.165, 1.54) is 4.90 Å². The molecule has 9 heteroatoms. The first-order chi connectivity index (χ1) is 18.0. The lowest BCUT2D eigenvalue weighted by molar-refractivity contribution is -0.140. The van der Waals surface area contributed by atoms with Gasteiger partial charge < -0.3 is 29.0 Å². The topological polar surface area (TPSA) is 97.8 Å². The van der Waals surface area contributed by atoms with Crippen molar-refractivity contribution in [3.63, 3.8) is 0 Å². The van der Waals surface area contributed by atoms with E-state index in [-0.39, 0.29) is 11.3 Å². The zero-order chi connectivity index (χ0) is 26.4. The summed E-state index contributed by atoms with van der Waals surface area (Å²) in [6.07, 6.45) is 0.842. The van der Waals surface area contributed by atoms with E-state index in [1.807, 2.05) is 13.0 Å². The van der Waals surface area contributed by atoms with Gasteiger partial charge in [-0.15, -0.1) is 0 Å². The quantitative estimate of drug-likeness (QED) is 0.296. The molecule has 2 saturated heterocycles. The molecule has 0 unspecified atom stereocenters. The number of aliphatic hydroxyl groups excluding tert-OH is 1. The van der Waals surface area contributed by atoms with Crippen molar-refractivity contribution in [1.29, 1.82) is 0 Å². The van der Waals surface area contributed by atoms with Crippen molar-refractivity contribution < 1.29 is 33.6 Å². The number of morpholine rings is 1. The molecule has 0 saturated carbocycles. The van der Waals surface area contributed by atoms with Crippen molar-refractivity contribution in [2.75, 3.05) is 60.2 Å². The molecule has 9 nitrogen and oxygen atoms in total. The Labute approximate surface area is 217 Å². The van der Waals surface area contributed by atoms with E-state index in [1.54, 1.807) is 50.6 Å². The molecule has 37 heavy (non-hydrogen) atoms. The van der Waals surface area contributed by atoms with Crippen LogP contribution in [0.4, 0.5) is 0 Å². The summed E-state index contributed by atoms with van der Waals surface area (Å²) in [6, 6.07) is 11.3. The lowest BCUT2D eigenvalue weighted by atomic mass is 9.95. The SMILES string of the molecule is CCCOc1ccc([C@H]2/C(=C(\O)c3ccc(OC)cc3)C(=O)C(=O)N2CCN2CCOCC2)cc1OC. The van der Waals surface area contributed by atoms with Crippen LogP contribution in [0.15, 0.2) is 48.0 Å². The number of carbonyl (C=O) groups is 2. The van der Waals surface area contributed by atoms with Crippen LogP contribution >= 0.6 is 0 Å². The van der Waals surface area contributed by atoms with Gasteiger partial charge in [0.15, 0.2) is 11.5 Å². The first kappa shape index (κ1) is 26.5. The Morgan fingerprint density at radius 3 is 2.38 bits per heavy atom. The van der Waals surface area contributed by atoms with Crippen LogP contribution in [-0.2, 0) is 14.3 Å². The second-order valence-electron chi connectivity index (χ2n) is 8.93. The van der Waals surface area contributed by atoms with E-state index in [9.17, 15) is 14.7 Å². The first-order valence-electron chi connectivity index (χ1n) is 12.5. The van der Waals surface area contributed by atoms with Crippen molar-refractivity contribution >= 4 is 17.4 Å². The van der Waals surface area contributed by atoms with E-state index in [0.717, 1.165) is 19.5 Å². The smallest absolute Gasteiger partial charge is 0.295 e. The monoisotopic (exact) mass is 510 g/mol. The normalized spacial score (nSPS) is 19.8. The number of carbonyl (C=O) groups excluding carboxylic acids is 2. The Balaban J connectivity index is 1.75. The van der Waals surface area contributed by atoms with Crippen molar-refractivity contribution in [2.45, 2.75) is 19.4 Å². The highest BCUT2D eigenvalue weighted by atomic mass is 16.5. The third-order valence-corrected chi connectivity index (χ3v) is 6.63. The maximum absolute atomic E-state index is 13.3. The zero-order valence-electron chi connectivity index (χ0n) is 21.6. The number of likely N-dealkylation sites (tertiary alicyclic amines) is 1. The number of aliphatic hydroxyl groups is 1. The molecule has 2 aromatic carbocycles. The van der Waals surface area contributed by atoms with Gasteiger partial charge in [-0.05, 0) is 48.4 Å². The number of rotatable bonds is 10. The largest absolute Gasteiger partial charge is 0.507 e. The summed E-state index contributed by atoms with van der Waals surface area (Å²) < 4.78 is 22.0. The third-order valence-electron chi connectivity index (χ3n) is 6.63. The van der Waals surface area contributed by atoms with E-state index in [2.05, 4.69) is 4.90 Å². The van der Waals surface area contributed by atoms with E-state index in [0.29, 0.717) is 61.3 Å². The van der Waals surface area contributed by atoms with Crippen molar-refractivity contribution in [3.05, 3.63) is 59.2 Å². The number of benzene rings is 2. The minimum atomic E-state index is -0.780. The summed E-state index contributed by atoms with van der Waals surface area (Å²) in [6.45, 7) is 6.25. The van der Waals surface area contributed by atoms with E-state index < -0.39 is 17.7 Å². The molecule has 0 aromatic heterocycles. The highest BCUT2D eigenvalue weighted by molar-refractivity contribution is 6.46. The van der Waals surface area contributed by atoms with Crippen LogP contribution in [0, 0.1) is 0 Å². The zero-order valence-corrected chi connectivity index (χ0v) is 21.6. The molecular weight excluding hydrogens is 476 g/mol. The number of ether oxygens (including phenoxy) is 4. The molecular formula is C28H34N2O7. The molecule has 2 aromatic rings. The number of methoxy groups -OCH3 is 2. The molecule has 2 heterocycles. The van der Waals surface area contributed by atoms with E-state index >= 15 is 0 Å². The van der Waals surface area contributed by atoms with Crippen LogP contribution in [-0.4, -0.2) is 86.8 Å². The molecule has 2 aliphatic heterocycles. The lowest BCUT2D eigenvalue weighted by Crippen LogP contribution is -2.42. The summed E-state index contributed by atoms with van der Waals surface area (Å²) in [4.78, 5) is 30.3. The lowest BCUT2D eigenvalue weighted by Gasteiger charge is -2.31. The molecule has 0 bridgehead atoms. The second kappa shape index (κ2) is 12.1. The van der Waals surface area contributed by atoms with Gasteiger partial charge in [-0.1, -0.05) is 13.0 Å². The number of amides is 1. The first-order valence-corrected chi connectivity index (χ1v) is 12.5. The van der Waals surface area contributed by atoms with Crippen LogP contribution < -0.4 is 14.2 Å². The van der Waals surface area contributed by atoms with Crippen LogP contribution in [0.2, 0.25) is 0 Å². The Bertz CT molecular complexity index is 1140. The average Bonchev–Trinajstić information content (AvgIpc) is 3.20. The minimum Gasteiger partial charge on any atom is -0.507 e. The summed E-state index contributed by atoms with van der Waals surface area (Å²) in [5.41, 5.74) is 1.12. The summed E-state index contributed by atoms with van der Waals surface area (Å²) in [5.74, 6) is 0.100. The Hall–Kier alpha value is -3.56. The fraction of sp³-hybridized carbons (Fsp3) is 0.429. The number of nitrogens with zero attached hydrogens (tertiary/aromatic N) is 2. The fourth-order valence-electron chi connectivity index (χ4n) is 4.62. The molecule has 2 aliphatic rings. The number of hydrogen-bond acceptors (Lipinski definition) is 8. The highest BCUT2D eigenvalue weighted by Gasteiger charge is 2.46. The van der Waals surface area contributed by atoms with Gasteiger partial charge in [0.25, 0.3) is 11.7 Å². The molecule has 1 atom stereocenters. The molecule has 198 valence electrons. The minimum absolute atomic E-state index is 0.0430. The highest BCUT2D eigenvalue weighted by Crippen LogP contribution is 2.42. The Morgan fingerprint density at radius 1 is 1.00 bits per heavy atom. The predicted molar refractivity (Wildman–Crippen MR) is 138 cm³/mol. The van der Waals surface area contributed by atoms with Gasteiger partial charge in [-0.3, -0.25) is 14.5 Å². The van der Waals surface area contributed by atoms with Crippen LogP contribution in [0.25, 0.3) is 5.76 Å². The van der Waals surface area contributed by atoms with Gasteiger partial charge in [0.05, 0.1) is 45.7 Å². The van der Waals surface area contributed by atoms with Gasteiger partial charge in [0.1, 0.15) is 11.5 Å². The third kappa shape index (κ3) is 5.73. The number of ketones is 1. The van der Waals surface area contributed by atoms with Crippen LogP contribution in [0.1, 0.15) is 30.5 Å².